The summed E-state index contributed by atoms with van der Waals surface area (Å²) in [5.41, 5.74) is -1.32. The maximum absolute atomic E-state index is 12.7. The largest absolute Gasteiger partial charge is 0.454 e. The van der Waals surface area contributed by atoms with Gasteiger partial charge in [-0.05, 0) is 30.3 Å². The van der Waals surface area contributed by atoms with Crippen molar-refractivity contribution >= 4 is 0 Å². The first-order chi connectivity index (χ1) is 9.40. The van der Waals surface area contributed by atoms with Gasteiger partial charge in [0.2, 0.25) is 0 Å². The smallest absolute Gasteiger partial charge is 0.418 e. The van der Waals surface area contributed by atoms with Crippen LogP contribution in [0.1, 0.15) is 11.3 Å². The van der Waals surface area contributed by atoms with Gasteiger partial charge in [-0.1, -0.05) is 0 Å². The van der Waals surface area contributed by atoms with E-state index in [1.54, 1.807) is 6.07 Å². The minimum absolute atomic E-state index is 0.101. The molecule has 7 heteroatoms. The lowest BCUT2D eigenvalue weighted by molar-refractivity contribution is -0.137. The highest BCUT2D eigenvalue weighted by Crippen LogP contribution is 2.33. The molecular formula is C13H6F4N2O. The number of benzene rings is 1. The summed E-state index contributed by atoms with van der Waals surface area (Å²) in [6.45, 7) is 0. The zero-order valence-electron chi connectivity index (χ0n) is 9.78. The summed E-state index contributed by atoms with van der Waals surface area (Å²) >= 11 is 0. The van der Waals surface area contributed by atoms with Gasteiger partial charge in [-0.15, -0.1) is 0 Å². The van der Waals surface area contributed by atoms with Crippen LogP contribution in [0.5, 0.6) is 11.5 Å². The van der Waals surface area contributed by atoms with Crippen molar-refractivity contribution in [1.29, 1.82) is 5.26 Å². The Balaban J connectivity index is 2.39. The lowest BCUT2D eigenvalue weighted by Crippen LogP contribution is -2.06. The second-order valence-corrected chi connectivity index (χ2v) is 3.74. The van der Waals surface area contributed by atoms with Gasteiger partial charge in [-0.3, -0.25) is 0 Å². The molecule has 0 unspecified atom stereocenters. The molecule has 0 aliphatic carbocycles. The third-order valence-electron chi connectivity index (χ3n) is 2.33. The Morgan fingerprint density at radius 3 is 2.35 bits per heavy atom. The third-order valence-corrected chi connectivity index (χ3v) is 2.33. The standard InChI is InChI=1S/C13H6F4N2O/c14-9-1-3-10(4-2-9)20-12-5-8(13(15,16)17)7-19-11(12)6-18/h1-5,7H. The Bertz CT molecular complexity index is 660. The van der Waals surface area contributed by atoms with Crippen LogP contribution in [0, 0.1) is 17.1 Å². The van der Waals surface area contributed by atoms with Crippen LogP contribution in [0.4, 0.5) is 17.6 Å². The van der Waals surface area contributed by atoms with Crippen molar-refractivity contribution in [2.24, 2.45) is 0 Å². The first-order valence-electron chi connectivity index (χ1n) is 5.31. The Hall–Kier alpha value is -2.62. The van der Waals surface area contributed by atoms with Crippen molar-refractivity contribution in [3.05, 3.63) is 53.6 Å². The predicted octanol–water partition coefficient (Wildman–Crippen LogP) is 3.90. The average Bonchev–Trinajstić information content (AvgIpc) is 2.40. The van der Waals surface area contributed by atoms with Crippen molar-refractivity contribution in [2.75, 3.05) is 0 Å². The molecule has 0 bridgehead atoms. The van der Waals surface area contributed by atoms with Gasteiger partial charge in [-0.25, -0.2) is 9.37 Å². The second kappa shape index (κ2) is 5.17. The fourth-order valence-corrected chi connectivity index (χ4v) is 1.39. The van der Waals surface area contributed by atoms with E-state index in [1.807, 2.05) is 0 Å². The molecule has 0 saturated carbocycles. The van der Waals surface area contributed by atoms with Crippen molar-refractivity contribution in [1.82, 2.24) is 4.98 Å². The summed E-state index contributed by atoms with van der Waals surface area (Å²) in [6, 6.07) is 6.94. The summed E-state index contributed by atoms with van der Waals surface area (Å²) in [5, 5.41) is 8.80. The predicted molar refractivity (Wildman–Crippen MR) is 60.4 cm³/mol. The molecule has 1 aromatic carbocycles. The monoisotopic (exact) mass is 282 g/mol. The van der Waals surface area contributed by atoms with Crippen molar-refractivity contribution in [2.45, 2.75) is 6.18 Å². The molecule has 1 aromatic heterocycles. The number of hydrogen-bond acceptors (Lipinski definition) is 3. The van der Waals surface area contributed by atoms with E-state index < -0.39 is 17.6 Å². The maximum Gasteiger partial charge on any atom is 0.418 e. The summed E-state index contributed by atoms with van der Waals surface area (Å²) in [6.07, 6.45) is -4.04. The Morgan fingerprint density at radius 1 is 1.15 bits per heavy atom. The van der Waals surface area contributed by atoms with Gasteiger partial charge in [0.25, 0.3) is 0 Å². The molecule has 0 fully saturated rings. The Kier molecular flexibility index (Phi) is 3.57. The van der Waals surface area contributed by atoms with E-state index in [-0.39, 0.29) is 17.2 Å². The average molecular weight is 282 g/mol. The van der Waals surface area contributed by atoms with Crippen molar-refractivity contribution in [3.8, 4) is 17.6 Å². The van der Waals surface area contributed by atoms with Crippen LogP contribution < -0.4 is 4.74 Å². The van der Waals surface area contributed by atoms with Gasteiger partial charge in [-0.2, -0.15) is 18.4 Å². The highest BCUT2D eigenvalue weighted by atomic mass is 19.4. The molecule has 0 aliphatic rings. The zero-order valence-corrected chi connectivity index (χ0v) is 9.78. The fraction of sp³-hybridized carbons (Fsp3) is 0.0769. The Morgan fingerprint density at radius 2 is 1.80 bits per heavy atom. The first kappa shape index (κ1) is 13.8. The number of nitrogens with zero attached hydrogens (tertiary/aromatic N) is 2. The van der Waals surface area contributed by atoms with Gasteiger partial charge in [0.05, 0.1) is 5.56 Å². The number of rotatable bonds is 2. The van der Waals surface area contributed by atoms with E-state index in [1.165, 1.54) is 12.1 Å². The van der Waals surface area contributed by atoms with E-state index in [2.05, 4.69) is 4.98 Å². The Labute approximate surface area is 111 Å². The summed E-state index contributed by atoms with van der Waals surface area (Å²) in [4.78, 5) is 3.40. The molecule has 1 heterocycles. The molecule has 3 nitrogen and oxygen atoms in total. The second-order valence-electron chi connectivity index (χ2n) is 3.74. The molecule has 0 aliphatic heterocycles. The van der Waals surface area contributed by atoms with E-state index in [4.69, 9.17) is 10.00 Å². The number of halogens is 4. The number of ether oxygens (including phenoxy) is 1. The number of alkyl halides is 3. The SMILES string of the molecule is N#Cc1ncc(C(F)(F)F)cc1Oc1ccc(F)cc1. The van der Waals surface area contributed by atoms with E-state index >= 15 is 0 Å². The highest BCUT2D eigenvalue weighted by molar-refractivity contribution is 5.43. The topological polar surface area (TPSA) is 45.9 Å². The van der Waals surface area contributed by atoms with E-state index in [0.29, 0.717) is 12.3 Å². The van der Waals surface area contributed by atoms with Crippen molar-refractivity contribution in [3.63, 3.8) is 0 Å². The van der Waals surface area contributed by atoms with Gasteiger partial charge < -0.3 is 4.74 Å². The molecule has 0 saturated heterocycles. The van der Waals surface area contributed by atoms with Crippen LogP contribution in [0.15, 0.2) is 36.5 Å². The van der Waals surface area contributed by atoms with E-state index in [9.17, 15) is 17.6 Å². The van der Waals surface area contributed by atoms with Crippen LogP contribution in [-0.2, 0) is 6.18 Å². The van der Waals surface area contributed by atoms with Crippen LogP contribution in [0.2, 0.25) is 0 Å². The molecule has 2 aromatic rings. The van der Waals surface area contributed by atoms with Crippen LogP contribution in [0.25, 0.3) is 0 Å². The minimum Gasteiger partial charge on any atom is -0.454 e. The molecule has 2 rings (SSSR count). The number of hydrogen-bond donors (Lipinski definition) is 0. The van der Waals surface area contributed by atoms with Gasteiger partial charge in [0.1, 0.15) is 17.6 Å². The lowest BCUT2D eigenvalue weighted by atomic mass is 10.2. The zero-order chi connectivity index (χ0) is 14.8. The molecule has 0 N–H and O–H groups in total. The molecular weight excluding hydrogens is 276 g/mol. The molecule has 102 valence electrons. The molecule has 0 amide bonds. The van der Waals surface area contributed by atoms with Crippen molar-refractivity contribution < 1.29 is 22.3 Å². The normalized spacial score (nSPS) is 10.9. The lowest BCUT2D eigenvalue weighted by Gasteiger charge is -2.10. The quantitative estimate of drug-likeness (QED) is 0.785. The van der Waals surface area contributed by atoms with Gasteiger partial charge >= 0.3 is 6.18 Å². The maximum atomic E-state index is 12.7. The van der Waals surface area contributed by atoms with Crippen LogP contribution in [0.3, 0.4) is 0 Å². The van der Waals surface area contributed by atoms with Gasteiger partial charge in [0, 0.05) is 6.20 Å². The summed E-state index contributed by atoms with van der Waals surface area (Å²) in [7, 11) is 0. The van der Waals surface area contributed by atoms with E-state index in [0.717, 1.165) is 12.1 Å². The molecule has 20 heavy (non-hydrogen) atoms. The third kappa shape index (κ3) is 3.03. The fourth-order valence-electron chi connectivity index (χ4n) is 1.39. The molecule has 0 radical (unpaired) electrons. The number of nitriles is 1. The van der Waals surface area contributed by atoms with Crippen LogP contribution in [-0.4, -0.2) is 4.98 Å². The summed E-state index contributed by atoms with van der Waals surface area (Å²) < 4.78 is 55.6. The summed E-state index contributed by atoms with van der Waals surface area (Å²) in [5.74, 6) is -0.752. The molecule has 0 atom stereocenters. The van der Waals surface area contributed by atoms with Gasteiger partial charge in [0.15, 0.2) is 11.4 Å². The minimum atomic E-state index is -4.60. The number of pyridine rings is 1. The van der Waals surface area contributed by atoms with Crippen LogP contribution >= 0.6 is 0 Å². The first-order valence-corrected chi connectivity index (χ1v) is 5.31. The molecule has 0 spiro atoms. The number of aromatic nitrogens is 1. The highest BCUT2D eigenvalue weighted by Gasteiger charge is 2.32.